The minimum absolute atomic E-state index is 0.235. The minimum Gasteiger partial charge on any atom is -0.379 e. The van der Waals surface area contributed by atoms with Gasteiger partial charge in [0.05, 0.1) is 13.2 Å². The highest BCUT2D eigenvalue weighted by Crippen LogP contribution is 2.34. The Morgan fingerprint density at radius 1 is 1.24 bits per heavy atom. The molecule has 2 aliphatic heterocycles. The second-order valence-electron chi connectivity index (χ2n) is 6.51. The maximum Gasteiger partial charge on any atom is 0.225 e. The number of hydrogen-bond donors (Lipinski definition) is 0. The van der Waals surface area contributed by atoms with Gasteiger partial charge in [-0.3, -0.25) is 0 Å². The predicted octanol–water partition coefficient (Wildman–Crippen LogP) is 1.72. The van der Waals surface area contributed by atoms with Gasteiger partial charge in [-0.15, -0.1) is 0 Å². The van der Waals surface area contributed by atoms with Gasteiger partial charge in [0.25, 0.3) is 0 Å². The second kappa shape index (κ2) is 6.28. The van der Waals surface area contributed by atoms with Gasteiger partial charge < -0.3 is 14.5 Å². The maximum atomic E-state index is 5.91. The quantitative estimate of drug-likeness (QED) is 0.829. The predicted molar refractivity (Wildman–Crippen MR) is 83.6 cm³/mol. The van der Waals surface area contributed by atoms with E-state index in [1.54, 1.807) is 0 Å². The summed E-state index contributed by atoms with van der Waals surface area (Å²) in [5.41, 5.74) is 1.35. The molecule has 0 N–H and O–H groups in total. The number of hydrogen-bond acceptors (Lipinski definition) is 5. The molecule has 0 unspecified atom stereocenters. The highest BCUT2D eigenvalue weighted by molar-refractivity contribution is 5.31. The third-order valence-corrected chi connectivity index (χ3v) is 4.68. The molecule has 1 aromatic heterocycles. The molecule has 1 aromatic rings. The lowest BCUT2D eigenvalue weighted by atomic mass is 9.80. The van der Waals surface area contributed by atoms with Gasteiger partial charge in [-0.25, -0.2) is 9.97 Å². The van der Waals surface area contributed by atoms with E-state index in [1.165, 1.54) is 12.8 Å². The van der Waals surface area contributed by atoms with Crippen LogP contribution in [0, 0.1) is 12.3 Å². The zero-order valence-electron chi connectivity index (χ0n) is 13.2. The van der Waals surface area contributed by atoms with E-state index < -0.39 is 0 Å². The Balaban J connectivity index is 1.76. The lowest BCUT2D eigenvalue weighted by Gasteiger charge is -2.43. The SMILES string of the molecule is CCN1CCOC[C@@]2(CCCN(c3ncc(C)cn3)C2)C1. The van der Waals surface area contributed by atoms with Crippen molar-refractivity contribution in [2.24, 2.45) is 5.41 Å². The maximum absolute atomic E-state index is 5.91. The largest absolute Gasteiger partial charge is 0.379 e. The van der Waals surface area contributed by atoms with E-state index in [9.17, 15) is 0 Å². The third kappa shape index (κ3) is 3.35. The molecule has 1 atom stereocenters. The van der Waals surface area contributed by atoms with Crippen LogP contribution < -0.4 is 4.90 Å². The molecule has 2 saturated heterocycles. The summed E-state index contributed by atoms with van der Waals surface area (Å²) < 4.78 is 5.91. The highest BCUT2D eigenvalue weighted by Gasteiger charge is 2.39. The average molecular weight is 290 g/mol. The molecule has 116 valence electrons. The zero-order chi connectivity index (χ0) is 14.7. The molecule has 0 bridgehead atoms. The van der Waals surface area contributed by atoms with Crippen LogP contribution in [0.25, 0.3) is 0 Å². The van der Waals surface area contributed by atoms with Gasteiger partial charge in [0.2, 0.25) is 5.95 Å². The molecule has 3 heterocycles. The lowest BCUT2D eigenvalue weighted by Crippen LogP contribution is -2.51. The van der Waals surface area contributed by atoms with Crippen molar-refractivity contribution in [2.75, 3.05) is 50.8 Å². The van der Waals surface area contributed by atoms with E-state index in [0.717, 1.165) is 57.4 Å². The first-order valence-electron chi connectivity index (χ1n) is 8.04. The smallest absolute Gasteiger partial charge is 0.225 e. The van der Waals surface area contributed by atoms with Crippen LogP contribution in [-0.4, -0.2) is 60.8 Å². The summed E-state index contributed by atoms with van der Waals surface area (Å²) in [6.07, 6.45) is 6.25. The number of ether oxygens (including phenoxy) is 1. The number of aryl methyl sites for hydroxylation is 1. The van der Waals surface area contributed by atoms with Crippen LogP contribution in [0.1, 0.15) is 25.3 Å². The van der Waals surface area contributed by atoms with Gasteiger partial charge in [0.1, 0.15) is 0 Å². The Kier molecular flexibility index (Phi) is 4.40. The van der Waals surface area contributed by atoms with Gasteiger partial charge in [-0.05, 0) is 31.9 Å². The van der Waals surface area contributed by atoms with Crippen LogP contribution in [0.5, 0.6) is 0 Å². The number of anilines is 1. The van der Waals surface area contributed by atoms with Gasteiger partial charge >= 0.3 is 0 Å². The van der Waals surface area contributed by atoms with Crippen molar-refractivity contribution in [2.45, 2.75) is 26.7 Å². The van der Waals surface area contributed by atoms with Gasteiger partial charge in [-0.2, -0.15) is 0 Å². The summed E-state index contributed by atoms with van der Waals surface area (Å²) in [6, 6.07) is 0. The molecule has 3 rings (SSSR count). The summed E-state index contributed by atoms with van der Waals surface area (Å²) in [7, 11) is 0. The number of nitrogens with zero attached hydrogens (tertiary/aromatic N) is 4. The van der Waals surface area contributed by atoms with E-state index >= 15 is 0 Å². The summed E-state index contributed by atoms with van der Waals surface area (Å²) >= 11 is 0. The van der Waals surface area contributed by atoms with Crippen molar-refractivity contribution >= 4 is 5.95 Å². The highest BCUT2D eigenvalue weighted by atomic mass is 16.5. The minimum atomic E-state index is 0.235. The van der Waals surface area contributed by atoms with E-state index in [4.69, 9.17) is 4.74 Å². The van der Waals surface area contributed by atoms with Gasteiger partial charge in [-0.1, -0.05) is 6.92 Å². The standard InChI is InChI=1S/C16H26N4O/c1-3-19-7-8-21-13-16(11-19)5-4-6-20(12-16)15-17-9-14(2)10-18-15/h9-10H,3-8,11-13H2,1-2H3/t16-/m0/s1. The molecule has 0 radical (unpaired) electrons. The summed E-state index contributed by atoms with van der Waals surface area (Å²) in [6.45, 7) is 11.3. The Labute approximate surface area is 127 Å². The first-order chi connectivity index (χ1) is 10.2. The molecular weight excluding hydrogens is 264 g/mol. The molecular formula is C16H26N4O. The van der Waals surface area contributed by atoms with Crippen molar-refractivity contribution in [3.05, 3.63) is 18.0 Å². The molecule has 21 heavy (non-hydrogen) atoms. The summed E-state index contributed by atoms with van der Waals surface area (Å²) in [5.74, 6) is 0.868. The van der Waals surface area contributed by atoms with Crippen molar-refractivity contribution in [3.8, 4) is 0 Å². The van der Waals surface area contributed by atoms with Crippen molar-refractivity contribution < 1.29 is 4.74 Å². The Bertz CT molecular complexity index is 464. The fourth-order valence-electron chi connectivity index (χ4n) is 3.53. The Morgan fingerprint density at radius 2 is 2.05 bits per heavy atom. The summed E-state index contributed by atoms with van der Waals surface area (Å²) in [5, 5.41) is 0. The molecule has 0 aromatic carbocycles. The Hall–Kier alpha value is -1.20. The van der Waals surface area contributed by atoms with Gasteiger partial charge in [0.15, 0.2) is 0 Å². The van der Waals surface area contributed by atoms with Crippen LogP contribution in [0.4, 0.5) is 5.95 Å². The number of likely N-dealkylation sites (N-methyl/N-ethyl adjacent to an activating group) is 1. The van der Waals surface area contributed by atoms with E-state index in [2.05, 4.69) is 26.7 Å². The van der Waals surface area contributed by atoms with E-state index in [1.807, 2.05) is 19.3 Å². The molecule has 1 spiro atoms. The van der Waals surface area contributed by atoms with Gasteiger partial charge in [0, 0.05) is 44.0 Å². The number of aromatic nitrogens is 2. The van der Waals surface area contributed by atoms with Crippen molar-refractivity contribution in [3.63, 3.8) is 0 Å². The molecule has 2 aliphatic rings. The second-order valence-corrected chi connectivity index (χ2v) is 6.51. The van der Waals surface area contributed by atoms with Crippen LogP contribution in [-0.2, 0) is 4.74 Å². The van der Waals surface area contributed by atoms with Crippen molar-refractivity contribution in [1.29, 1.82) is 0 Å². The molecule has 5 nitrogen and oxygen atoms in total. The van der Waals surface area contributed by atoms with Crippen LogP contribution in [0.2, 0.25) is 0 Å². The zero-order valence-corrected chi connectivity index (χ0v) is 13.2. The number of piperidine rings is 1. The normalized spacial score (nSPS) is 27.8. The first kappa shape index (κ1) is 14.7. The molecule has 0 saturated carbocycles. The molecule has 0 aliphatic carbocycles. The van der Waals surface area contributed by atoms with Crippen LogP contribution in [0.3, 0.4) is 0 Å². The summed E-state index contributed by atoms with van der Waals surface area (Å²) in [4.78, 5) is 13.9. The fourth-order valence-corrected chi connectivity index (χ4v) is 3.53. The molecule has 5 heteroatoms. The van der Waals surface area contributed by atoms with Crippen LogP contribution in [0.15, 0.2) is 12.4 Å². The first-order valence-corrected chi connectivity index (χ1v) is 8.04. The lowest BCUT2D eigenvalue weighted by molar-refractivity contribution is 0.0560. The van der Waals surface area contributed by atoms with Crippen LogP contribution >= 0.6 is 0 Å². The van der Waals surface area contributed by atoms with E-state index in [-0.39, 0.29) is 5.41 Å². The topological polar surface area (TPSA) is 41.5 Å². The molecule has 2 fully saturated rings. The molecule has 0 amide bonds. The fraction of sp³-hybridized carbons (Fsp3) is 0.750. The van der Waals surface area contributed by atoms with E-state index in [0.29, 0.717) is 0 Å². The average Bonchev–Trinajstić information content (AvgIpc) is 2.70. The monoisotopic (exact) mass is 290 g/mol. The Morgan fingerprint density at radius 3 is 2.81 bits per heavy atom. The van der Waals surface area contributed by atoms with Crippen molar-refractivity contribution in [1.82, 2.24) is 14.9 Å². The third-order valence-electron chi connectivity index (χ3n) is 4.68. The number of rotatable bonds is 2.